The van der Waals surface area contributed by atoms with Crippen molar-refractivity contribution in [1.82, 2.24) is 0 Å². The predicted octanol–water partition coefficient (Wildman–Crippen LogP) is 15.5. The van der Waals surface area contributed by atoms with E-state index in [1.54, 1.807) is 12.1 Å². The molecule has 0 unspecified atom stereocenters. The lowest BCUT2D eigenvalue weighted by Gasteiger charge is -2.27. The highest BCUT2D eigenvalue weighted by molar-refractivity contribution is 6.09. The van der Waals surface area contributed by atoms with Gasteiger partial charge < -0.3 is 9.32 Å². The number of fused-ring (bicyclic) bond motifs is 7. The monoisotopic (exact) mass is 735 g/mol. The molecule has 0 spiro atoms. The lowest BCUT2D eigenvalue weighted by Crippen LogP contribution is -2.16. The van der Waals surface area contributed by atoms with Crippen LogP contribution in [0.4, 0.5) is 17.1 Å². The molecule has 0 N–H and O–H groups in total. The molecule has 0 saturated carbocycles. The Labute approximate surface area is 341 Å². The number of furan rings is 1. The van der Waals surface area contributed by atoms with Gasteiger partial charge >= 0.3 is 0 Å². The Hall–Kier alpha value is -7.16. The van der Waals surface area contributed by atoms with Gasteiger partial charge in [-0.05, 0) is 109 Å². The summed E-state index contributed by atoms with van der Waals surface area (Å²) in [5.74, 6) is 0. The topological polar surface area (TPSA) is 16.4 Å². The van der Waals surface area contributed by atoms with Gasteiger partial charge in [0.15, 0.2) is 0 Å². The summed E-state index contributed by atoms with van der Waals surface area (Å²) < 4.78 is 59.5. The molecule has 2 nitrogen and oxygen atoms in total. The summed E-state index contributed by atoms with van der Waals surface area (Å²) >= 11 is 0. The molecule has 0 saturated heterocycles. The van der Waals surface area contributed by atoms with Crippen LogP contribution in [0.15, 0.2) is 205 Å². The largest absolute Gasteiger partial charge is 0.455 e. The average molecular weight is 736 g/mol. The van der Waals surface area contributed by atoms with Crippen molar-refractivity contribution in [2.24, 2.45) is 0 Å². The molecule has 1 aliphatic rings. The molecule has 0 aliphatic heterocycles. The van der Waals surface area contributed by atoms with E-state index < -0.39 is 19.1 Å². The first-order valence-corrected chi connectivity index (χ1v) is 19.3. The molecule has 0 amide bonds. The summed E-state index contributed by atoms with van der Waals surface area (Å²) in [7, 11) is 0. The summed E-state index contributed by atoms with van der Waals surface area (Å²) in [4.78, 5) is 2.21. The van der Waals surface area contributed by atoms with Crippen LogP contribution in [0.3, 0.4) is 0 Å². The molecule has 1 heterocycles. The van der Waals surface area contributed by atoms with Gasteiger partial charge in [0, 0.05) is 47.0 Å². The molecule has 1 aromatic heterocycles. The fourth-order valence-corrected chi connectivity index (χ4v) is 8.80. The number of nitrogens with zero attached hydrogens (tertiary/aromatic N) is 1. The van der Waals surface area contributed by atoms with Gasteiger partial charge in [0.25, 0.3) is 0 Å². The van der Waals surface area contributed by atoms with Crippen molar-refractivity contribution in [3.63, 3.8) is 0 Å². The summed E-state index contributed by atoms with van der Waals surface area (Å²) in [5.41, 5.74) is 9.61. The van der Waals surface area contributed by atoms with Crippen molar-refractivity contribution in [2.45, 2.75) is 19.1 Å². The van der Waals surface area contributed by atoms with Gasteiger partial charge in [-0.25, -0.2) is 0 Å². The van der Waals surface area contributed by atoms with Crippen LogP contribution in [-0.4, -0.2) is 0 Å². The average Bonchev–Trinajstić information content (AvgIpc) is 3.84. The fraction of sp³-hybridized carbons (Fsp3) is 0.0545. The molecular formula is C55H39NO. The van der Waals surface area contributed by atoms with Crippen LogP contribution in [0.25, 0.3) is 77.2 Å². The number of para-hydroxylation sites is 2. The van der Waals surface area contributed by atoms with Crippen LogP contribution in [0.1, 0.15) is 33.1 Å². The van der Waals surface area contributed by atoms with E-state index >= 15 is 0 Å². The standard InChI is InChI=1S/C55H39NO/c1-55(2)51-22-7-5-16-47(51)49-20-10-18-45(53(49)55)37-26-30-42(31-27-37)56(44-15-9-14-40(35-44)41-25-24-36-12-3-4-13-39(36)34-41)43-32-28-38(29-33-43)46-19-11-21-50-48-17-6-8-23-52(48)57-54(46)50/h3-35H,1-2H3/i1D3,2D3. The lowest BCUT2D eigenvalue weighted by atomic mass is 9.79. The zero-order valence-corrected chi connectivity index (χ0v) is 30.9. The Morgan fingerprint density at radius 3 is 1.84 bits per heavy atom. The lowest BCUT2D eigenvalue weighted by molar-refractivity contribution is 0.662. The Morgan fingerprint density at radius 2 is 1.02 bits per heavy atom. The van der Waals surface area contributed by atoms with Gasteiger partial charge in [-0.1, -0.05) is 165 Å². The quantitative estimate of drug-likeness (QED) is 0.169. The van der Waals surface area contributed by atoms with Crippen molar-refractivity contribution in [1.29, 1.82) is 0 Å². The number of hydrogen-bond donors (Lipinski definition) is 0. The van der Waals surface area contributed by atoms with E-state index in [1.165, 1.54) is 10.8 Å². The van der Waals surface area contributed by atoms with E-state index in [0.29, 0.717) is 27.8 Å². The molecule has 2 heteroatoms. The maximum absolute atomic E-state index is 8.85. The summed E-state index contributed by atoms with van der Waals surface area (Å²) in [6.45, 7) is -5.74. The molecule has 0 atom stereocenters. The third-order valence-corrected chi connectivity index (χ3v) is 11.5. The van der Waals surface area contributed by atoms with Gasteiger partial charge in [-0.2, -0.15) is 0 Å². The first-order chi connectivity index (χ1) is 30.5. The minimum Gasteiger partial charge on any atom is -0.455 e. The summed E-state index contributed by atoms with van der Waals surface area (Å²) in [6, 6.07) is 66.8. The summed E-state index contributed by atoms with van der Waals surface area (Å²) in [5, 5.41) is 4.50. The summed E-state index contributed by atoms with van der Waals surface area (Å²) in [6.07, 6.45) is 0. The SMILES string of the molecule is [2H]C([2H])([2H])C1(C([2H])([2H])[2H])c2ccccc2-c2cccc(-c3ccc(N(c4ccc(-c5cccc6c5oc5ccccc56)cc4)c4cccc(-c5ccc6ccccc6c5)c4)cc3)c21. The molecular weight excluding hydrogens is 691 g/mol. The van der Waals surface area contributed by atoms with Crippen molar-refractivity contribution in [3.05, 3.63) is 211 Å². The highest BCUT2D eigenvalue weighted by Crippen LogP contribution is 2.52. The second kappa shape index (κ2) is 13.0. The van der Waals surface area contributed by atoms with E-state index in [2.05, 4.69) is 120 Å². The van der Waals surface area contributed by atoms with E-state index in [-0.39, 0.29) is 0 Å². The Balaban J connectivity index is 1.04. The highest BCUT2D eigenvalue weighted by atomic mass is 16.3. The second-order valence-electron chi connectivity index (χ2n) is 14.8. The first-order valence-electron chi connectivity index (χ1n) is 22.3. The maximum Gasteiger partial charge on any atom is 0.143 e. The fourth-order valence-electron chi connectivity index (χ4n) is 8.80. The van der Waals surface area contributed by atoms with Crippen LogP contribution >= 0.6 is 0 Å². The number of benzene rings is 9. The van der Waals surface area contributed by atoms with Crippen LogP contribution in [0.2, 0.25) is 0 Å². The zero-order chi connectivity index (χ0) is 43.1. The van der Waals surface area contributed by atoms with Crippen LogP contribution in [0, 0.1) is 0 Å². The molecule has 270 valence electrons. The van der Waals surface area contributed by atoms with E-state index in [1.807, 2.05) is 72.8 Å². The molecule has 0 fully saturated rings. The number of anilines is 3. The minimum atomic E-state index is -2.87. The highest BCUT2D eigenvalue weighted by Gasteiger charge is 2.37. The molecule has 10 aromatic rings. The Kier molecular flexibility index (Phi) is 6.24. The van der Waals surface area contributed by atoms with Crippen LogP contribution in [0.5, 0.6) is 0 Å². The normalized spacial score (nSPS) is 14.9. The van der Waals surface area contributed by atoms with Gasteiger partial charge in [0.2, 0.25) is 0 Å². The third kappa shape index (κ3) is 5.40. The predicted molar refractivity (Wildman–Crippen MR) is 240 cm³/mol. The Morgan fingerprint density at radius 1 is 0.421 bits per heavy atom. The number of rotatable bonds is 6. The molecule has 1 aliphatic carbocycles. The second-order valence-corrected chi connectivity index (χ2v) is 14.8. The molecule has 0 radical (unpaired) electrons. The van der Waals surface area contributed by atoms with Crippen LogP contribution < -0.4 is 4.90 Å². The van der Waals surface area contributed by atoms with Gasteiger partial charge in [-0.15, -0.1) is 0 Å². The third-order valence-electron chi connectivity index (χ3n) is 11.5. The molecule has 9 aromatic carbocycles. The molecule has 0 bridgehead atoms. The van der Waals surface area contributed by atoms with Crippen molar-refractivity contribution in [2.75, 3.05) is 4.90 Å². The molecule has 57 heavy (non-hydrogen) atoms. The maximum atomic E-state index is 8.85. The zero-order valence-electron chi connectivity index (χ0n) is 36.9. The van der Waals surface area contributed by atoms with E-state index in [0.717, 1.165) is 66.8 Å². The van der Waals surface area contributed by atoms with Gasteiger partial charge in [0.05, 0.1) is 0 Å². The Bertz CT molecular complexity index is 3370. The van der Waals surface area contributed by atoms with Crippen molar-refractivity contribution >= 4 is 49.8 Å². The van der Waals surface area contributed by atoms with Gasteiger partial charge in [-0.3, -0.25) is 0 Å². The molecule has 11 rings (SSSR count). The van der Waals surface area contributed by atoms with Crippen molar-refractivity contribution in [3.8, 4) is 44.5 Å². The minimum absolute atomic E-state index is 0.307. The van der Waals surface area contributed by atoms with Crippen molar-refractivity contribution < 1.29 is 12.6 Å². The van der Waals surface area contributed by atoms with E-state index in [4.69, 9.17) is 12.6 Å². The van der Waals surface area contributed by atoms with E-state index in [9.17, 15) is 0 Å². The van der Waals surface area contributed by atoms with Crippen LogP contribution in [-0.2, 0) is 5.41 Å². The number of hydrogen-bond acceptors (Lipinski definition) is 2. The first kappa shape index (κ1) is 27.4. The van der Waals surface area contributed by atoms with Gasteiger partial charge in [0.1, 0.15) is 11.2 Å². The smallest absolute Gasteiger partial charge is 0.143 e.